The lowest BCUT2D eigenvalue weighted by atomic mass is 10.1. The van der Waals surface area contributed by atoms with E-state index in [0.717, 1.165) is 0 Å². The van der Waals surface area contributed by atoms with Gasteiger partial charge in [-0.2, -0.15) is 0 Å². The van der Waals surface area contributed by atoms with Gasteiger partial charge >= 0.3 is 0 Å². The van der Waals surface area contributed by atoms with Crippen LogP contribution in [-0.4, -0.2) is 13.6 Å². The third-order valence-electron chi connectivity index (χ3n) is 3.39. The molecule has 2 aromatic rings. The molecule has 1 aromatic heterocycles. The largest absolute Gasteiger partial charge is 0.365 e. The highest BCUT2D eigenvalue weighted by Crippen LogP contribution is 2.30. The number of nitrogens with zero attached hydrogens (tertiary/aromatic N) is 1. The maximum atomic E-state index is 5.99. The topological polar surface area (TPSA) is 29.3 Å². The fraction of sp³-hybridized carbons (Fsp3) is 0.375. The van der Waals surface area contributed by atoms with Gasteiger partial charge in [0.1, 0.15) is 0 Å². The molecule has 19 heavy (non-hydrogen) atoms. The molecule has 1 unspecified atom stereocenters. The van der Waals surface area contributed by atoms with Crippen molar-refractivity contribution in [3.05, 3.63) is 51.2 Å². The van der Waals surface area contributed by atoms with Crippen molar-refractivity contribution in [1.29, 1.82) is 0 Å². The Balaban J connectivity index is 2.32. The maximum Gasteiger partial charge on any atom is 0.0753 e. The third kappa shape index (κ3) is 3.17. The summed E-state index contributed by atoms with van der Waals surface area (Å²) in [6, 6.07) is 11.2. The summed E-state index contributed by atoms with van der Waals surface area (Å²) in [5.74, 6) is 0. The molecular formula is C16H22N2S. The van der Waals surface area contributed by atoms with Gasteiger partial charge in [0.25, 0.3) is 0 Å². The molecule has 2 N–H and O–H groups in total. The van der Waals surface area contributed by atoms with E-state index in [0.29, 0.717) is 6.54 Å². The Kier molecular flexibility index (Phi) is 4.27. The second-order valence-corrected chi connectivity index (χ2v) is 6.48. The van der Waals surface area contributed by atoms with Crippen LogP contribution in [0.25, 0.3) is 0 Å². The van der Waals surface area contributed by atoms with Crippen molar-refractivity contribution in [3.63, 3.8) is 0 Å². The van der Waals surface area contributed by atoms with Crippen LogP contribution in [0, 0.1) is 20.8 Å². The average Bonchev–Trinajstić information content (AvgIpc) is 2.75. The third-order valence-corrected chi connectivity index (χ3v) is 4.50. The van der Waals surface area contributed by atoms with Crippen molar-refractivity contribution in [2.24, 2.45) is 5.73 Å². The number of likely N-dealkylation sites (N-methyl/N-ethyl adjacent to an activating group) is 1. The lowest BCUT2D eigenvalue weighted by molar-refractivity contribution is 0.692. The van der Waals surface area contributed by atoms with Gasteiger partial charge in [-0.3, -0.25) is 0 Å². The SMILES string of the molecule is Cc1cc(C)cc(N(C)C(CN)c2ccc(C)s2)c1. The lowest BCUT2D eigenvalue weighted by Gasteiger charge is -2.29. The Bertz CT molecular complexity index is 539. The molecule has 0 amide bonds. The molecular weight excluding hydrogens is 252 g/mol. The summed E-state index contributed by atoms with van der Waals surface area (Å²) in [5, 5.41) is 0. The molecule has 0 aliphatic carbocycles. The number of hydrogen-bond donors (Lipinski definition) is 1. The first-order valence-electron chi connectivity index (χ1n) is 6.59. The van der Waals surface area contributed by atoms with E-state index in [1.165, 1.54) is 26.6 Å². The predicted molar refractivity (Wildman–Crippen MR) is 85.2 cm³/mol. The Morgan fingerprint density at radius 1 is 1.11 bits per heavy atom. The minimum atomic E-state index is 0.250. The molecule has 0 saturated carbocycles. The van der Waals surface area contributed by atoms with E-state index >= 15 is 0 Å². The van der Waals surface area contributed by atoms with E-state index in [1.54, 1.807) is 0 Å². The molecule has 0 bridgehead atoms. The molecule has 1 aromatic carbocycles. The number of benzene rings is 1. The molecule has 0 radical (unpaired) electrons. The number of anilines is 1. The van der Waals surface area contributed by atoms with Crippen LogP contribution in [0.5, 0.6) is 0 Å². The average molecular weight is 274 g/mol. The first-order chi connectivity index (χ1) is 9.01. The molecule has 3 heteroatoms. The van der Waals surface area contributed by atoms with Gasteiger partial charge in [-0.05, 0) is 56.2 Å². The predicted octanol–water partition coefficient (Wildman–Crippen LogP) is 3.81. The van der Waals surface area contributed by atoms with Gasteiger partial charge in [-0.15, -0.1) is 11.3 Å². The van der Waals surface area contributed by atoms with Gasteiger partial charge < -0.3 is 10.6 Å². The number of thiophene rings is 1. The van der Waals surface area contributed by atoms with Crippen LogP contribution in [0.2, 0.25) is 0 Å². The molecule has 1 heterocycles. The van der Waals surface area contributed by atoms with Crippen LogP contribution in [0.1, 0.15) is 26.9 Å². The number of hydrogen-bond acceptors (Lipinski definition) is 3. The van der Waals surface area contributed by atoms with E-state index in [2.05, 4.69) is 63.1 Å². The smallest absolute Gasteiger partial charge is 0.0753 e. The highest BCUT2D eigenvalue weighted by Gasteiger charge is 2.17. The minimum absolute atomic E-state index is 0.250. The fourth-order valence-electron chi connectivity index (χ4n) is 2.43. The van der Waals surface area contributed by atoms with E-state index < -0.39 is 0 Å². The zero-order valence-corrected chi connectivity index (χ0v) is 12.9. The van der Waals surface area contributed by atoms with E-state index in [1.807, 2.05) is 11.3 Å². The van der Waals surface area contributed by atoms with E-state index in [4.69, 9.17) is 5.73 Å². The molecule has 2 rings (SSSR count). The van der Waals surface area contributed by atoms with E-state index in [9.17, 15) is 0 Å². The normalized spacial score (nSPS) is 12.5. The summed E-state index contributed by atoms with van der Waals surface area (Å²) in [6.07, 6.45) is 0. The lowest BCUT2D eigenvalue weighted by Crippen LogP contribution is -2.29. The van der Waals surface area contributed by atoms with Crippen molar-refractivity contribution in [2.75, 3.05) is 18.5 Å². The molecule has 102 valence electrons. The van der Waals surface area contributed by atoms with Crippen LogP contribution in [-0.2, 0) is 0 Å². The summed E-state index contributed by atoms with van der Waals surface area (Å²) >= 11 is 1.83. The van der Waals surface area contributed by atoms with Crippen molar-refractivity contribution in [1.82, 2.24) is 0 Å². The van der Waals surface area contributed by atoms with Gasteiger partial charge in [0.05, 0.1) is 6.04 Å². The number of nitrogens with two attached hydrogens (primary N) is 1. The quantitative estimate of drug-likeness (QED) is 0.918. The molecule has 0 spiro atoms. The van der Waals surface area contributed by atoms with Gasteiger partial charge in [-0.25, -0.2) is 0 Å². The van der Waals surface area contributed by atoms with Crippen molar-refractivity contribution >= 4 is 17.0 Å². The zero-order valence-electron chi connectivity index (χ0n) is 12.1. The van der Waals surface area contributed by atoms with Gasteiger partial charge in [0.15, 0.2) is 0 Å². The first-order valence-corrected chi connectivity index (χ1v) is 7.40. The Morgan fingerprint density at radius 2 is 1.74 bits per heavy atom. The summed E-state index contributed by atoms with van der Waals surface area (Å²) < 4.78 is 0. The monoisotopic (exact) mass is 274 g/mol. The highest BCUT2D eigenvalue weighted by molar-refractivity contribution is 7.12. The molecule has 2 nitrogen and oxygen atoms in total. The summed E-state index contributed by atoms with van der Waals surface area (Å²) in [4.78, 5) is 4.95. The summed E-state index contributed by atoms with van der Waals surface area (Å²) in [7, 11) is 2.13. The van der Waals surface area contributed by atoms with Crippen molar-refractivity contribution in [3.8, 4) is 0 Å². The summed E-state index contributed by atoms with van der Waals surface area (Å²) in [6.45, 7) is 7.04. The molecule has 1 atom stereocenters. The maximum absolute atomic E-state index is 5.99. The first kappa shape index (κ1) is 14.1. The van der Waals surface area contributed by atoms with Crippen molar-refractivity contribution < 1.29 is 0 Å². The Labute approximate surface area is 119 Å². The highest BCUT2D eigenvalue weighted by atomic mass is 32.1. The zero-order chi connectivity index (χ0) is 14.0. The van der Waals surface area contributed by atoms with Crippen LogP contribution < -0.4 is 10.6 Å². The van der Waals surface area contributed by atoms with Crippen LogP contribution in [0.3, 0.4) is 0 Å². The number of aryl methyl sites for hydroxylation is 3. The number of rotatable bonds is 4. The van der Waals surface area contributed by atoms with E-state index in [-0.39, 0.29) is 6.04 Å². The minimum Gasteiger partial charge on any atom is -0.365 e. The van der Waals surface area contributed by atoms with Crippen LogP contribution in [0.15, 0.2) is 30.3 Å². The molecule has 0 fully saturated rings. The molecule has 0 aliphatic heterocycles. The second kappa shape index (κ2) is 5.76. The van der Waals surface area contributed by atoms with Gasteiger partial charge in [0.2, 0.25) is 0 Å². The van der Waals surface area contributed by atoms with Gasteiger partial charge in [-0.1, -0.05) is 6.07 Å². The molecule has 0 saturated heterocycles. The fourth-order valence-corrected chi connectivity index (χ4v) is 3.47. The van der Waals surface area contributed by atoms with Crippen LogP contribution in [0.4, 0.5) is 5.69 Å². The Hall–Kier alpha value is -1.32. The standard InChI is InChI=1S/C16H22N2S/c1-11-7-12(2)9-14(8-11)18(4)15(10-17)16-6-5-13(3)19-16/h5-9,15H,10,17H2,1-4H3. The van der Waals surface area contributed by atoms with Crippen molar-refractivity contribution in [2.45, 2.75) is 26.8 Å². The van der Waals surface area contributed by atoms with Crippen LogP contribution >= 0.6 is 11.3 Å². The molecule has 0 aliphatic rings. The summed E-state index contributed by atoms with van der Waals surface area (Å²) in [5.41, 5.74) is 9.81. The van der Waals surface area contributed by atoms with Gasteiger partial charge in [0, 0.05) is 29.0 Å². The Morgan fingerprint density at radius 3 is 2.21 bits per heavy atom. The second-order valence-electron chi connectivity index (χ2n) is 5.16.